The minimum atomic E-state index is -0.641. The molecule has 0 aliphatic carbocycles. The van der Waals surface area contributed by atoms with E-state index in [-0.39, 0.29) is 0 Å². The van der Waals surface area contributed by atoms with Gasteiger partial charge in [-0.2, -0.15) is 0 Å². The normalized spacial score (nSPS) is 13.5. The first kappa shape index (κ1) is 7.31. The van der Waals surface area contributed by atoms with Crippen molar-refractivity contribution in [2.24, 2.45) is 0 Å². The maximum absolute atomic E-state index is 9.17. The molecule has 0 bridgehead atoms. The number of benzene rings is 1. The van der Waals surface area contributed by atoms with Crippen LogP contribution in [0, 0.1) is 0 Å². The van der Waals surface area contributed by atoms with Crippen molar-refractivity contribution in [2.75, 3.05) is 0 Å². The van der Waals surface area contributed by atoms with Gasteiger partial charge in [-0.1, -0.05) is 12.1 Å². The predicted octanol–water partition coefficient (Wildman–Crippen LogP) is 1.88. The fourth-order valence-corrected chi connectivity index (χ4v) is 1.07. The smallest absolute Gasteiger partial charge is 0.224 e. The van der Waals surface area contributed by atoms with Gasteiger partial charge in [0, 0.05) is 0 Å². The number of aliphatic hydroxyl groups excluding tert-OH is 1. The van der Waals surface area contributed by atoms with E-state index in [1.54, 1.807) is 6.92 Å². The fourth-order valence-electron chi connectivity index (χ4n) is 1.07. The topological polar surface area (TPSA) is 46.3 Å². The number of fused-ring (bicyclic) bond motifs is 1. The van der Waals surface area contributed by atoms with Gasteiger partial charge in [0.05, 0.1) is 0 Å². The van der Waals surface area contributed by atoms with Crippen LogP contribution in [0.25, 0.3) is 11.1 Å². The average molecular weight is 163 g/mol. The third-order valence-electron chi connectivity index (χ3n) is 1.67. The van der Waals surface area contributed by atoms with Gasteiger partial charge in [0.15, 0.2) is 5.58 Å². The van der Waals surface area contributed by atoms with E-state index in [0.717, 1.165) is 5.52 Å². The highest BCUT2D eigenvalue weighted by molar-refractivity contribution is 5.72. The lowest BCUT2D eigenvalue weighted by molar-refractivity contribution is 0.165. The Morgan fingerprint density at radius 2 is 2.17 bits per heavy atom. The molecular formula is C9H9NO2. The SMILES string of the molecule is C[C@@H](O)c1nc2ccccc2o1. The molecule has 1 heterocycles. The lowest BCUT2D eigenvalue weighted by Crippen LogP contribution is -1.88. The van der Waals surface area contributed by atoms with Gasteiger partial charge in [0.2, 0.25) is 5.89 Å². The summed E-state index contributed by atoms with van der Waals surface area (Å²) in [4.78, 5) is 4.10. The molecule has 3 heteroatoms. The van der Waals surface area contributed by atoms with Crippen LogP contribution in [0.3, 0.4) is 0 Å². The second kappa shape index (κ2) is 2.60. The van der Waals surface area contributed by atoms with Crippen molar-refractivity contribution < 1.29 is 9.52 Å². The molecule has 0 amide bonds. The highest BCUT2D eigenvalue weighted by atomic mass is 16.4. The molecule has 0 saturated heterocycles. The molecule has 0 spiro atoms. The van der Waals surface area contributed by atoms with Crippen LogP contribution < -0.4 is 0 Å². The summed E-state index contributed by atoms with van der Waals surface area (Å²) in [6.45, 7) is 1.63. The molecule has 3 nitrogen and oxygen atoms in total. The summed E-state index contributed by atoms with van der Waals surface area (Å²) < 4.78 is 5.27. The van der Waals surface area contributed by atoms with Gasteiger partial charge in [0.25, 0.3) is 0 Å². The molecule has 1 N–H and O–H groups in total. The van der Waals surface area contributed by atoms with E-state index in [1.807, 2.05) is 24.3 Å². The van der Waals surface area contributed by atoms with E-state index in [2.05, 4.69) is 4.98 Å². The molecule has 1 aromatic heterocycles. The fraction of sp³-hybridized carbons (Fsp3) is 0.222. The minimum Gasteiger partial charge on any atom is -0.438 e. The minimum absolute atomic E-state index is 0.371. The number of rotatable bonds is 1. The zero-order valence-electron chi connectivity index (χ0n) is 6.69. The summed E-state index contributed by atoms with van der Waals surface area (Å²) in [5.41, 5.74) is 1.50. The Kier molecular flexibility index (Phi) is 1.59. The van der Waals surface area contributed by atoms with Crippen LogP contribution in [0.4, 0.5) is 0 Å². The van der Waals surface area contributed by atoms with E-state index in [0.29, 0.717) is 11.5 Å². The van der Waals surface area contributed by atoms with E-state index in [9.17, 15) is 0 Å². The standard InChI is InChI=1S/C9H9NO2/c1-6(11)9-10-7-4-2-3-5-8(7)12-9/h2-6,11H,1H3/t6-/m1/s1. The zero-order valence-corrected chi connectivity index (χ0v) is 6.69. The van der Waals surface area contributed by atoms with Crippen molar-refractivity contribution in [2.45, 2.75) is 13.0 Å². The zero-order chi connectivity index (χ0) is 8.55. The quantitative estimate of drug-likeness (QED) is 0.698. The number of aromatic nitrogens is 1. The Labute approximate surface area is 69.7 Å². The Bertz CT molecular complexity index is 359. The van der Waals surface area contributed by atoms with Crippen LogP contribution in [0.15, 0.2) is 28.7 Å². The molecule has 0 saturated carbocycles. The lowest BCUT2D eigenvalue weighted by atomic mass is 10.3. The van der Waals surface area contributed by atoms with Gasteiger partial charge in [-0.05, 0) is 19.1 Å². The third kappa shape index (κ3) is 1.08. The molecule has 0 unspecified atom stereocenters. The molecule has 0 radical (unpaired) electrons. The Hall–Kier alpha value is -1.35. The molecule has 1 atom stereocenters. The van der Waals surface area contributed by atoms with Gasteiger partial charge in [-0.25, -0.2) is 4.98 Å². The van der Waals surface area contributed by atoms with E-state index >= 15 is 0 Å². The third-order valence-corrected chi connectivity index (χ3v) is 1.67. The van der Waals surface area contributed by atoms with Crippen molar-refractivity contribution in [1.29, 1.82) is 0 Å². The van der Waals surface area contributed by atoms with Gasteiger partial charge in [0.1, 0.15) is 11.6 Å². The lowest BCUT2D eigenvalue weighted by Gasteiger charge is -1.93. The van der Waals surface area contributed by atoms with Crippen LogP contribution in [-0.2, 0) is 0 Å². The van der Waals surface area contributed by atoms with Crippen LogP contribution in [-0.4, -0.2) is 10.1 Å². The monoisotopic (exact) mass is 163 g/mol. The van der Waals surface area contributed by atoms with Crippen molar-refractivity contribution in [3.63, 3.8) is 0 Å². The first-order chi connectivity index (χ1) is 5.77. The van der Waals surface area contributed by atoms with Gasteiger partial charge in [-0.3, -0.25) is 0 Å². The van der Waals surface area contributed by atoms with Gasteiger partial charge < -0.3 is 9.52 Å². The summed E-state index contributed by atoms with van der Waals surface area (Å²) in [6.07, 6.45) is -0.641. The number of hydrogen-bond donors (Lipinski definition) is 1. The average Bonchev–Trinajstić information content (AvgIpc) is 2.46. The summed E-state index contributed by atoms with van der Waals surface area (Å²) in [5, 5.41) is 9.17. The molecule has 12 heavy (non-hydrogen) atoms. The molecule has 2 aromatic rings. The van der Waals surface area contributed by atoms with Crippen LogP contribution in [0.2, 0.25) is 0 Å². The molecule has 62 valence electrons. The number of oxazole rings is 1. The molecule has 2 rings (SSSR count). The van der Waals surface area contributed by atoms with Crippen LogP contribution in [0.1, 0.15) is 18.9 Å². The van der Waals surface area contributed by atoms with Crippen molar-refractivity contribution in [1.82, 2.24) is 4.98 Å². The number of nitrogens with zero attached hydrogens (tertiary/aromatic N) is 1. The highest BCUT2D eigenvalue weighted by Gasteiger charge is 2.08. The molecule has 0 aliphatic heterocycles. The summed E-state index contributed by atoms with van der Waals surface area (Å²) in [6, 6.07) is 7.44. The van der Waals surface area contributed by atoms with Crippen LogP contribution >= 0.6 is 0 Å². The van der Waals surface area contributed by atoms with Crippen molar-refractivity contribution in [3.8, 4) is 0 Å². The van der Waals surface area contributed by atoms with Crippen molar-refractivity contribution in [3.05, 3.63) is 30.2 Å². The molecular weight excluding hydrogens is 154 g/mol. The van der Waals surface area contributed by atoms with Crippen molar-refractivity contribution >= 4 is 11.1 Å². The maximum Gasteiger partial charge on any atom is 0.224 e. The van der Waals surface area contributed by atoms with Gasteiger partial charge >= 0.3 is 0 Å². The summed E-state index contributed by atoms with van der Waals surface area (Å²) in [5.74, 6) is 0.371. The van der Waals surface area contributed by atoms with Gasteiger partial charge in [-0.15, -0.1) is 0 Å². The van der Waals surface area contributed by atoms with E-state index in [4.69, 9.17) is 9.52 Å². The molecule has 0 aliphatic rings. The second-order valence-corrected chi connectivity index (χ2v) is 2.70. The summed E-state index contributed by atoms with van der Waals surface area (Å²) >= 11 is 0. The first-order valence-electron chi connectivity index (χ1n) is 3.81. The predicted molar refractivity (Wildman–Crippen MR) is 44.6 cm³/mol. The number of aliphatic hydroxyl groups is 1. The Morgan fingerprint density at radius 1 is 1.42 bits per heavy atom. The molecule has 1 aromatic carbocycles. The Morgan fingerprint density at radius 3 is 2.83 bits per heavy atom. The highest BCUT2D eigenvalue weighted by Crippen LogP contribution is 2.18. The van der Waals surface area contributed by atoms with E-state index in [1.165, 1.54) is 0 Å². The maximum atomic E-state index is 9.17. The number of hydrogen-bond acceptors (Lipinski definition) is 3. The second-order valence-electron chi connectivity index (χ2n) is 2.70. The number of para-hydroxylation sites is 2. The van der Waals surface area contributed by atoms with E-state index < -0.39 is 6.10 Å². The Balaban J connectivity index is 2.62. The first-order valence-corrected chi connectivity index (χ1v) is 3.81. The molecule has 0 fully saturated rings. The largest absolute Gasteiger partial charge is 0.438 e. The van der Waals surface area contributed by atoms with Crippen LogP contribution in [0.5, 0.6) is 0 Å². The summed E-state index contributed by atoms with van der Waals surface area (Å²) in [7, 11) is 0.